The molecule has 4 rings (SSSR count). The highest BCUT2D eigenvalue weighted by molar-refractivity contribution is 6.46. The van der Waals surface area contributed by atoms with Crippen LogP contribution < -0.4 is 19.7 Å². The van der Waals surface area contributed by atoms with Crippen molar-refractivity contribution in [1.29, 1.82) is 0 Å². The summed E-state index contributed by atoms with van der Waals surface area (Å²) in [5, 5.41) is 3.21. The van der Waals surface area contributed by atoms with Gasteiger partial charge in [0.25, 0.3) is 11.8 Å². The van der Waals surface area contributed by atoms with Crippen LogP contribution in [-0.4, -0.2) is 26.0 Å². The number of anilines is 2. The summed E-state index contributed by atoms with van der Waals surface area (Å²) in [6.07, 6.45) is 0. The number of hydrogen-bond acceptors (Lipinski definition) is 5. The SMILES string of the molecule is COc1ccc(OC)c(N2C(=O)C(Nc3cc(C)cc(C)c3)=C(c3ccccc3)C2=O)c1. The summed E-state index contributed by atoms with van der Waals surface area (Å²) >= 11 is 0. The molecule has 6 heteroatoms. The zero-order valence-electron chi connectivity index (χ0n) is 18.4. The number of rotatable bonds is 6. The molecule has 1 heterocycles. The highest BCUT2D eigenvalue weighted by Gasteiger charge is 2.41. The Morgan fingerprint density at radius 2 is 1.47 bits per heavy atom. The molecule has 32 heavy (non-hydrogen) atoms. The Kier molecular flexibility index (Phi) is 5.69. The molecule has 1 N–H and O–H groups in total. The molecular weight excluding hydrogens is 404 g/mol. The van der Waals surface area contributed by atoms with Gasteiger partial charge in [0.15, 0.2) is 0 Å². The Bertz CT molecular complexity index is 1210. The van der Waals surface area contributed by atoms with Gasteiger partial charge in [-0.25, -0.2) is 4.90 Å². The normalized spacial score (nSPS) is 13.6. The van der Waals surface area contributed by atoms with Crippen LogP contribution >= 0.6 is 0 Å². The quantitative estimate of drug-likeness (QED) is 0.576. The summed E-state index contributed by atoms with van der Waals surface area (Å²) in [5.41, 5.74) is 4.35. The number of nitrogens with zero attached hydrogens (tertiary/aromatic N) is 1. The lowest BCUT2D eigenvalue weighted by molar-refractivity contribution is -0.120. The highest BCUT2D eigenvalue weighted by atomic mass is 16.5. The van der Waals surface area contributed by atoms with Crippen molar-refractivity contribution in [3.05, 3.63) is 89.1 Å². The first-order valence-electron chi connectivity index (χ1n) is 10.2. The molecule has 3 aromatic carbocycles. The fraction of sp³-hybridized carbons (Fsp3) is 0.154. The van der Waals surface area contributed by atoms with Crippen LogP contribution in [0.3, 0.4) is 0 Å². The number of ether oxygens (including phenoxy) is 2. The first-order valence-corrected chi connectivity index (χ1v) is 10.2. The van der Waals surface area contributed by atoms with Gasteiger partial charge in [0, 0.05) is 11.8 Å². The van der Waals surface area contributed by atoms with Gasteiger partial charge in [0.05, 0.1) is 25.5 Å². The standard InChI is InChI=1S/C26H24N2O4/c1-16-12-17(2)14-19(13-16)27-24-23(18-8-6-5-7-9-18)25(29)28(26(24)30)21-15-20(31-3)10-11-22(21)32-4/h5-15,27H,1-4H3. The largest absolute Gasteiger partial charge is 0.497 e. The number of benzene rings is 3. The number of aryl methyl sites for hydroxylation is 2. The number of carbonyl (C=O) groups excluding carboxylic acids is 2. The second-order valence-electron chi connectivity index (χ2n) is 7.60. The van der Waals surface area contributed by atoms with E-state index in [1.54, 1.807) is 18.2 Å². The molecule has 0 atom stereocenters. The summed E-state index contributed by atoms with van der Waals surface area (Å²) in [6, 6.07) is 20.1. The second kappa shape index (κ2) is 8.59. The molecule has 0 bridgehead atoms. The topological polar surface area (TPSA) is 67.9 Å². The Morgan fingerprint density at radius 1 is 0.781 bits per heavy atom. The van der Waals surface area contributed by atoms with Gasteiger partial charge in [-0.2, -0.15) is 0 Å². The average molecular weight is 428 g/mol. The zero-order chi connectivity index (χ0) is 22.8. The molecule has 0 saturated carbocycles. The molecule has 0 saturated heterocycles. The minimum absolute atomic E-state index is 0.219. The fourth-order valence-electron chi connectivity index (χ4n) is 3.90. The van der Waals surface area contributed by atoms with E-state index in [1.807, 2.05) is 62.4 Å². The predicted octanol–water partition coefficient (Wildman–Crippen LogP) is 4.72. The minimum atomic E-state index is -0.459. The van der Waals surface area contributed by atoms with Gasteiger partial charge in [0.1, 0.15) is 17.2 Å². The van der Waals surface area contributed by atoms with Crippen LogP contribution in [0, 0.1) is 13.8 Å². The average Bonchev–Trinajstić information content (AvgIpc) is 3.02. The summed E-state index contributed by atoms with van der Waals surface area (Å²) in [5.74, 6) is 0.0186. The monoisotopic (exact) mass is 428 g/mol. The summed E-state index contributed by atoms with van der Waals surface area (Å²) in [6.45, 7) is 3.97. The van der Waals surface area contributed by atoms with Crippen LogP contribution in [-0.2, 0) is 9.59 Å². The Balaban J connectivity index is 1.86. The van der Waals surface area contributed by atoms with Crippen molar-refractivity contribution >= 4 is 28.8 Å². The van der Waals surface area contributed by atoms with Crippen molar-refractivity contribution in [1.82, 2.24) is 0 Å². The van der Waals surface area contributed by atoms with Crippen molar-refractivity contribution in [2.75, 3.05) is 24.4 Å². The van der Waals surface area contributed by atoms with E-state index in [2.05, 4.69) is 5.32 Å². The summed E-state index contributed by atoms with van der Waals surface area (Å²) in [4.78, 5) is 28.4. The molecule has 0 radical (unpaired) electrons. The van der Waals surface area contributed by atoms with Crippen LogP contribution in [0.15, 0.2) is 72.4 Å². The number of imide groups is 1. The summed E-state index contributed by atoms with van der Waals surface area (Å²) < 4.78 is 10.7. The molecule has 0 unspecified atom stereocenters. The van der Waals surface area contributed by atoms with Gasteiger partial charge in [-0.15, -0.1) is 0 Å². The van der Waals surface area contributed by atoms with E-state index in [-0.39, 0.29) is 5.70 Å². The van der Waals surface area contributed by atoms with Crippen molar-refractivity contribution in [3.63, 3.8) is 0 Å². The Hall–Kier alpha value is -4.06. The van der Waals surface area contributed by atoms with E-state index in [0.29, 0.717) is 28.3 Å². The van der Waals surface area contributed by atoms with Crippen LogP contribution in [0.5, 0.6) is 11.5 Å². The van der Waals surface area contributed by atoms with Crippen LogP contribution in [0.25, 0.3) is 5.57 Å². The van der Waals surface area contributed by atoms with Gasteiger partial charge in [0.2, 0.25) is 0 Å². The van der Waals surface area contributed by atoms with E-state index in [0.717, 1.165) is 21.7 Å². The van der Waals surface area contributed by atoms with Crippen molar-refractivity contribution in [2.45, 2.75) is 13.8 Å². The van der Waals surface area contributed by atoms with E-state index >= 15 is 0 Å². The van der Waals surface area contributed by atoms with Gasteiger partial charge >= 0.3 is 0 Å². The van der Waals surface area contributed by atoms with Crippen LogP contribution in [0.1, 0.15) is 16.7 Å². The van der Waals surface area contributed by atoms with E-state index in [9.17, 15) is 9.59 Å². The molecule has 3 aromatic rings. The maximum atomic E-state index is 13.6. The number of hydrogen-bond donors (Lipinski definition) is 1. The molecule has 0 aliphatic carbocycles. The van der Waals surface area contributed by atoms with Crippen molar-refractivity contribution in [3.8, 4) is 11.5 Å². The van der Waals surface area contributed by atoms with Gasteiger partial charge in [-0.3, -0.25) is 9.59 Å². The van der Waals surface area contributed by atoms with Crippen LogP contribution in [0.4, 0.5) is 11.4 Å². The molecule has 6 nitrogen and oxygen atoms in total. The first kappa shape index (κ1) is 21.2. The zero-order valence-corrected chi connectivity index (χ0v) is 18.4. The second-order valence-corrected chi connectivity index (χ2v) is 7.60. The molecule has 1 aliphatic rings. The fourth-order valence-corrected chi connectivity index (χ4v) is 3.90. The predicted molar refractivity (Wildman–Crippen MR) is 125 cm³/mol. The lowest BCUT2D eigenvalue weighted by Crippen LogP contribution is -2.32. The third-order valence-corrected chi connectivity index (χ3v) is 5.26. The summed E-state index contributed by atoms with van der Waals surface area (Å²) in [7, 11) is 3.02. The first-order chi connectivity index (χ1) is 15.4. The Labute approximate surface area is 187 Å². The lowest BCUT2D eigenvalue weighted by Gasteiger charge is -2.19. The van der Waals surface area contributed by atoms with E-state index < -0.39 is 11.8 Å². The van der Waals surface area contributed by atoms with E-state index in [4.69, 9.17) is 9.47 Å². The number of methoxy groups -OCH3 is 2. The molecule has 0 spiro atoms. The van der Waals surface area contributed by atoms with Gasteiger partial charge in [-0.05, 0) is 54.8 Å². The molecule has 162 valence electrons. The highest BCUT2D eigenvalue weighted by Crippen LogP contribution is 2.39. The Morgan fingerprint density at radius 3 is 2.09 bits per heavy atom. The molecular formula is C26H24N2O4. The lowest BCUT2D eigenvalue weighted by atomic mass is 10.0. The molecule has 1 aliphatic heterocycles. The van der Waals surface area contributed by atoms with Crippen molar-refractivity contribution in [2.24, 2.45) is 0 Å². The third-order valence-electron chi connectivity index (χ3n) is 5.26. The maximum absolute atomic E-state index is 13.6. The molecule has 0 aromatic heterocycles. The smallest absolute Gasteiger partial charge is 0.282 e. The van der Waals surface area contributed by atoms with Crippen LogP contribution in [0.2, 0.25) is 0 Å². The number of amides is 2. The number of carbonyl (C=O) groups is 2. The van der Waals surface area contributed by atoms with Gasteiger partial charge < -0.3 is 14.8 Å². The molecule has 2 amide bonds. The number of nitrogens with one attached hydrogen (secondary N) is 1. The molecule has 0 fully saturated rings. The third kappa shape index (κ3) is 3.83. The maximum Gasteiger partial charge on any atom is 0.282 e. The van der Waals surface area contributed by atoms with Gasteiger partial charge in [-0.1, -0.05) is 36.4 Å². The van der Waals surface area contributed by atoms with Crippen molar-refractivity contribution < 1.29 is 19.1 Å². The minimum Gasteiger partial charge on any atom is -0.497 e. The van der Waals surface area contributed by atoms with E-state index in [1.165, 1.54) is 14.2 Å².